The van der Waals surface area contributed by atoms with Crippen molar-refractivity contribution in [3.8, 4) is 0 Å². The first-order valence-corrected chi connectivity index (χ1v) is 6.29. The molecular formula is C14H15ClN4. The predicted molar refractivity (Wildman–Crippen MR) is 81.9 cm³/mol. The topological polar surface area (TPSA) is 49.8 Å². The van der Waals surface area contributed by atoms with Gasteiger partial charge < -0.3 is 10.6 Å². The van der Waals surface area contributed by atoms with Crippen LogP contribution in [0.4, 0.5) is 11.8 Å². The summed E-state index contributed by atoms with van der Waals surface area (Å²) >= 11 is 6.02. The van der Waals surface area contributed by atoms with Gasteiger partial charge in [0.25, 0.3) is 0 Å². The first-order chi connectivity index (χ1) is 9.24. The van der Waals surface area contributed by atoms with Crippen molar-refractivity contribution >= 4 is 34.3 Å². The molecule has 0 unspecified atom stereocenters. The summed E-state index contributed by atoms with van der Waals surface area (Å²) in [5, 5.41) is 7.81. The lowest BCUT2D eigenvalue weighted by Crippen LogP contribution is -2.07. The van der Waals surface area contributed by atoms with Gasteiger partial charge in [-0.1, -0.05) is 23.8 Å². The minimum Gasteiger partial charge on any atom is -0.366 e. The van der Waals surface area contributed by atoms with Gasteiger partial charge in [0.2, 0.25) is 5.95 Å². The van der Waals surface area contributed by atoms with Gasteiger partial charge in [-0.25, -0.2) is 4.98 Å². The SMILES string of the molecule is C=CCNc1nc(NCC=C)c2cc(Cl)ccc2n1. The van der Waals surface area contributed by atoms with Crippen molar-refractivity contribution in [1.82, 2.24) is 9.97 Å². The summed E-state index contributed by atoms with van der Waals surface area (Å²) in [5.41, 5.74) is 0.831. The van der Waals surface area contributed by atoms with E-state index in [4.69, 9.17) is 11.6 Å². The molecule has 98 valence electrons. The molecule has 0 spiro atoms. The molecule has 2 N–H and O–H groups in total. The van der Waals surface area contributed by atoms with Gasteiger partial charge in [0.1, 0.15) is 5.82 Å². The second kappa shape index (κ2) is 6.20. The number of hydrogen-bond donors (Lipinski definition) is 2. The van der Waals surface area contributed by atoms with Crippen LogP contribution in [0.2, 0.25) is 5.02 Å². The molecule has 0 atom stereocenters. The quantitative estimate of drug-likeness (QED) is 0.792. The lowest BCUT2D eigenvalue weighted by Gasteiger charge is -2.10. The van der Waals surface area contributed by atoms with Crippen LogP contribution < -0.4 is 10.6 Å². The van der Waals surface area contributed by atoms with Gasteiger partial charge in [-0.15, -0.1) is 13.2 Å². The van der Waals surface area contributed by atoms with E-state index in [1.165, 1.54) is 0 Å². The molecule has 0 aliphatic carbocycles. The summed E-state index contributed by atoms with van der Waals surface area (Å²) in [4.78, 5) is 8.86. The van der Waals surface area contributed by atoms with E-state index in [9.17, 15) is 0 Å². The molecule has 0 bridgehead atoms. The molecule has 0 saturated heterocycles. The van der Waals surface area contributed by atoms with E-state index in [2.05, 4.69) is 33.8 Å². The third-order valence-electron chi connectivity index (χ3n) is 2.48. The van der Waals surface area contributed by atoms with E-state index in [1.807, 2.05) is 18.2 Å². The molecule has 19 heavy (non-hydrogen) atoms. The average molecular weight is 275 g/mol. The molecule has 1 heterocycles. The number of fused-ring (bicyclic) bond motifs is 1. The van der Waals surface area contributed by atoms with Crippen molar-refractivity contribution in [1.29, 1.82) is 0 Å². The number of rotatable bonds is 6. The molecule has 0 aliphatic rings. The molecule has 1 aromatic carbocycles. The van der Waals surface area contributed by atoms with Crippen LogP contribution in [0.15, 0.2) is 43.5 Å². The smallest absolute Gasteiger partial charge is 0.225 e. The highest BCUT2D eigenvalue weighted by molar-refractivity contribution is 6.31. The van der Waals surface area contributed by atoms with Crippen molar-refractivity contribution in [3.05, 3.63) is 48.5 Å². The summed E-state index contributed by atoms with van der Waals surface area (Å²) in [6, 6.07) is 5.53. The zero-order valence-corrected chi connectivity index (χ0v) is 11.2. The number of aromatic nitrogens is 2. The van der Waals surface area contributed by atoms with Gasteiger partial charge in [0.15, 0.2) is 0 Å². The zero-order valence-electron chi connectivity index (χ0n) is 10.5. The summed E-state index contributed by atoms with van der Waals surface area (Å²) in [5.74, 6) is 1.29. The number of nitrogens with one attached hydrogen (secondary N) is 2. The van der Waals surface area contributed by atoms with Crippen molar-refractivity contribution in [2.24, 2.45) is 0 Å². The third-order valence-corrected chi connectivity index (χ3v) is 2.71. The standard InChI is InChI=1S/C14H15ClN4/c1-3-7-16-13-11-9-10(15)5-6-12(11)18-14(19-13)17-8-4-2/h3-6,9H,1-2,7-8H2,(H2,16,17,18,19). The van der Waals surface area contributed by atoms with Gasteiger partial charge in [-0.2, -0.15) is 4.98 Å². The molecule has 2 aromatic rings. The molecule has 0 saturated carbocycles. The van der Waals surface area contributed by atoms with Gasteiger partial charge in [-0.05, 0) is 18.2 Å². The van der Waals surface area contributed by atoms with E-state index in [1.54, 1.807) is 12.2 Å². The van der Waals surface area contributed by atoms with E-state index >= 15 is 0 Å². The second-order valence-electron chi connectivity index (χ2n) is 3.90. The summed E-state index contributed by atoms with van der Waals surface area (Å²) in [6.45, 7) is 8.58. The Bertz CT molecular complexity index is 610. The Kier molecular flexibility index (Phi) is 4.36. The van der Waals surface area contributed by atoms with E-state index in [0.717, 1.165) is 16.7 Å². The summed E-state index contributed by atoms with van der Waals surface area (Å²) in [7, 11) is 0. The van der Waals surface area contributed by atoms with Crippen LogP contribution in [0.25, 0.3) is 10.9 Å². The number of nitrogens with zero attached hydrogens (tertiary/aromatic N) is 2. The number of benzene rings is 1. The average Bonchev–Trinajstić information content (AvgIpc) is 2.42. The van der Waals surface area contributed by atoms with Crippen molar-refractivity contribution in [3.63, 3.8) is 0 Å². The van der Waals surface area contributed by atoms with E-state index < -0.39 is 0 Å². The fourth-order valence-electron chi connectivity index (χ4n) is 1.65. The van der Waals surface area contributed by atoms with Gasteiger partial charge >= 0.3 is 0 Å². The number of hydrogen-bond acceptors (Lipinski definition) is 4. The van der Waals surface area contributed by atoms with Gasteiger partial charge in [-0.3, -0.25) is 0 Å². The van der Waals surface area contributed by atoms with Crippen molar-refractivity contribution in [2.75, 3.05) is 23.7 Å². The first-order valence-electron chi connectivity index (χ1n) is 5.91. The Morgan fingerprint density at radius 2 is 1.84 bits per heavy atom. The number of halogens is 1. The summed E-state index contributed by atoms with van der Waals surface area (Å²) in [6.07, 6.45) is 3.53. The Labute approximate surface area is 117 Å². The highest BCUT2D eigenvalue weighted by atomic mass is 35.5. The predicted octanol–water partition coefficient (Wildman–Crippen LogP) is 3.48. The Morgan fingerprint density at radius 3 is 2.58 bits per heavy atom. The first kappa shape index (κ1) is 13.4. The molecule has 0 aliphatic heterocycles. The molecule has 0 amide bonds. The van der Waals surface area contributed by atoms with Crippen LogP contribution in [0.5, 0.6) is 0 Å². The lowest BCUT2D eigenvalue weighted by atomic mass is 10.2. The molecular weight excluding hydrogens is 260 g/mol. The summed E-state index contributed by atoms with van der Waals surface area (Å²) < 4.78 is 0. The molecule has 2 rings (SSSR count). The zero-order chi connectivity index (χ0) is 13.7. The highest BCUT2D eigenvalue weighted by Crippen LogP contribution is 2.25. The van der Waals surface area contributed by atoms with Crippen LogP contribution >= 0.6 is 11.6 Å². The minimum absolute atomic E-state index is 0.557. The molecule has 5 heteroatoms. The maximum atomic E-state index is 6.02. The van der Waals surface area contributed by atoms with Crippen molar-refractivity contribution < 1.29 is 0 Å². The fraction of sp³-hybridized carbons (Fsp3) is 0.143. The van der Waals surface area contributed by atoms with Gasteiger partial charge in [0, 0.05) is 23.5 Å². The lowest BCUT2D eigenvalue weighted by molar-refractivity contribution is 1.14. The largest absolute Gasteiger partial charge is 0.366 e. The second-order valence-corrected chi connectivity index (χ2v) is 4.33. The van der Waals surface area contributed by atoms with Crippen molar-refractivity contribution in [2.45, 2.75) is 0 Å². The van der Waals surface area contributed by atoms with E-state index in [-0.39, 0.29) is 0 Å². The van der Waals surface area contributed by atoms with E-state index in [0.29, 0.717) is 24.1 Å². The Morgan fingerprint density at radius 1 is 1.11 bits per heavy atom. The third kappa shape index (κ3) is 3.23. The molecule has 0 fully saturated rings. The molecule has 1 aromatic heterocycles. The van der Waals surface area contributed by atoms with Gasteiger partial charge in [0.05, 0.1) is 5.52 Å². The number of anilines is 2. The fourth-order valence-corrected chi connectivity index (χ4v) is 1.82. The van der Waals surface area contributed by atoms with Crippen LogP contribution in [-0.4, -0.2) is 23.1 Å². The molecule has 4 nitrogen and oxygen atoms in total. The van der Waals surface area contributed by atoms with Crippen LogP contribution in [-0.2, 0) is 0 Å². The highest BCUT2D eigenvalue weighted by Gasteiger charge is 2.07. The normalized spacial score (nSPS) is 10.2. The van der Waals surface area contributed by atoms with Crippen LogP contribution in [0.3, 0.4) is 0 Å². The minimum atomic E-state index is 0.557. The van der Waals surface area contributed by atoms with Crippen LogP contribution in [0.1, 0.15) is 0 Å². The monoisotopic (exact) mass is 274 g/mol. The maximum Gasteiger partial charge on any atom is 0.225 e. The Hall–Kier alpha value is -2.07. The maximum absolute atomic E-state index is 6.02. The van der Waals surface area contributed by atoms with Crippen LogP contribution in [0, 0.1) is 0 Å². The molecule has 0 radical (unpaired) electrons. The Balaban J connectivity index is 2.48.